The summed E-state index contributed by atoms with van der Waals surface area (Å²) in [6, 6.07) is 10.4. The predicted octanol–water partition coefficient (Wildman–Crippen LogP) is 2.33. The van der Waals surface area contributed by atoms with Gasteiger partial charge in [0.05, 0.1) is 12.3 Å². The van der Waals surface area contributed by atoms with E-state index >= 15 is 0 Å². The van der Waals surface area contributed by atoms with Crippen LogP contribution in [0.2, 0.25) is 0 Å². The molecule has 8 heteroatoms. The summed E-state index contributed by atoms with van der Waals surface area (Å²) in [6.07, 6.45) is 1.62. The summed E-state index contributed by atoms with van der Waals surface area (Å²) in [5.41, 5.74) is 3.39. The molecular weight excluding hydrogens is 457 g/mol. The number of rotatable bonds is 6. The molecule has 27 heavy (non-hydrogen) atoms. The maximum absolute atomic E-state index is 5.20. The molecule has 0 atom stereocenters. The first-order chi connectivity index (χ1) is 12.8. The van der Waals surface area contributed by atoms with E-state index in [1.807, 2.05) is 13.1 Å². The number of piperazine rings is 1. The number of aliphatic imine (C=N–C) groups is 1. The third kappa shape index (κ3) is 6.47. The van der Waals surface area contributed by atoms with Crippen LogP contribution in [0.25, 0.3) is 0 Å². The van der Waals surface area contributed by atoms with Crippen molar-refractivity contribution in [3.05, 3.63) is 53.4 Å². The van der Waals surface area contributed by atoms with E-state index in [0.717, 1.165) is 50.9 Å². The van der Waals surface area contributed by atoms with Crippen molar-refractivity contribution in [2.24, 2.45) is 4.99 Å². The Kier molecular flexibility index (Phi) is 9.02. The summed E-state index contributed by atoms with van der Waals surface area (Å²) in [5.74, 6) is 0.947. The highest BCUT2D eigenvalue weighted by Crippen LogP contribution is 2.09. The number of halogens is 1. The Labute approximate surface area is 177 Å². The summed E-state index contributed by atoms with van der Waals surface area (Å²) < 4.78 is 10.1. The molecule has 0 radical (unpaired) electrons. The second-order valence-corrected chi connectivity index (χ2v) is 6.41. The van der Waals surface area contributed by atoms with Crippen LogP contribution in [0.15, 0.2) is 46.1 Å². The van der Waals surface area contributed by atoms with Crippen molar-refractivity contribution in [1.82, 2.24) is 20.3 Å². The van der Waals surface area contributed by atoms with Crippen molar-refractivity contribution in [3.8, 4) is 0 Å². The van der Waals surface area contributed by atoms with Gasteiger partial charge in [0.25, 0.3) is 0 Å². The summed E-state index contributed by atoms with van der Waals surface area (Å²) in [7, 11) is 3.56. The smallest absolute Gasteiger partial charge is 0.194 e. The van der Waals surface area contributed by atoms with Crippen molar-refractivity contribution in [3.63, 3.8) is 0 Å². The van der Waals surface area contributed by atoms with Gasteiger partial charge in [-0.1, -0.05) is 29.4 Å². The molecule has 148 valence electrons. The molecule has 2 heterocycles. The van der Waals surface area contributed by atoms with Crippen LogP contribution in [-0.2, 0) is 24.4 Å². The highest BCUT2D eigenvalue weighted by atomic mass is 127. The molecule has 1 saturated heterocycles. The number of nitrogens with zero attached hydrogens (tertiary/aromatic N) is 4. The number of nitrogens with one attached hydrogen (secondary N) is 1. The van der Waals surface area contributed by atoms with E-state index in [-0.39, 0.29) is 24.0 Å². The van der Waals surface area contributed by atoms with E-state index in [1.165, 1.54) is 11.1 Å². The van der Waals surface area contributed by atoms with E-state index in [2.05, 4.69) is 49.5 Å². The Hall–Kier alpha value is -1.65. The Morgan fingerprint density at radius 3 is 2.67 bits per heavy atom. The highest BCUT2D eigenvalue weighted by Gasteiger charge is 2.20. The van der Waals surface area contributed by atoms with Gasteiger partial charge in [-0.25, -0.2) is 0 Å². The zero-order chi connectivity index (χ0) is 18.2. The molecule has 0 unspecified atom stereocenters. The number of hydrogen-bond donors (Lipinski definition) is 1. The second-order valence-electron chi connectivity index (χ2n) is 6.41. The SMILES string of the molecule is CN=C(NCc1cccc(COC)c1)N1CCN(Cc2ccon2)CC1.I. The number of methoxy groups -OCH3 is 1. The third-order valence-electron chi connectivity index (χ3n) is 4.51. The first-order valence-electron chi connectivity index (χ1n) is 8.92. The molecular formula is C19H28IN5O2. The third-order valence-corrected chi connectivity index (χ3v) is 4.51. The normalized spacial score (nSPS) is 15.5. The van der Waals surface area contributed by atoms with E-state index in [0.29, 0.717) is 6.61 Å². The molecule has 7 nitrogen and oxygen atoms in total. The van der Waals surface area contributed by atoms with Crippen molar-refractivity contribution in [2.75, 3.05) is 40.3 Å². The van der Waals surface area contributed by atoms with Gasteiger partial charge in [-0.3, -0.25) is 9.89 Å². The van der Waals surface area contributed by atoms with E-state index in [9.17, 15) is 0 Å². The summed E-state index contributed by atoms with van der Waals surface area (Å²) in [4.78, 5) is 9.14. The molecule has 2 aromatic rings. The maximum atomic E-state index is 5.20. The molecule has 3 rings (SSSR count). The first-order valence-corrected chi connectivity index (χ1v) is 8.92. The van der Waals surface area contributed by atoms with Crippen LogP contribution < -0.4 is 5.32 Å². The lowest BCUT2D eigenvalue weighted by molar-refractivity contribution is 0.169. The Bertz CT molecular complexity index is 700. The van der Waals surface area contributed by atoms with Gasteiger partial charge in [0.15, 0.2) is 5.96 Å². The van der Waals surface area contributed by atoms with Crippen molar-refractivity contribution < 1.29 is 9.26 Å². The molecule has 0 aliphatic carbocycles. The van der Waals surface area contributed by atoms with Gasteiger partial charge in [-0.2, -0.15) is 0 Å². The zero-order valence-corrected chi connectivity index (χ0v) is 18.3. The Morgan fingerprint density at radius 2 is 2.00 bits per heavy atom. The fraction of sp³-hybridized carbons (Fsp3) is 0.474. The second kappa shape index (κ2) is 11.3. The number of benzene rings is 1. The van der Waals surface area contributed by atoms with Crippen molar-refractivity contribution in [1.29, 1.82) is 0 Å². The minimum Gasteiger partial charge on any atom is -0.380 e. The van der Waals surface area contributed by atoms with E-state index < -0.39 is 0 Å². The van der Waals surface area contributed by atoms with Crippen LogP contribution in [0.3, 0.4) is 0 Å². The summed E-state index contributed by atoms with van der Waals surface area (Å²) in [6.45, 7) is 6.08. The predicted molar refractivity (Wildman–Crippen MR) is 116 cm³/mol. The van der Waals surface area contributed by atoms with Crippen molar-refractivity contribution in [2.45, 2.75) is 19.7 Å². The fourth-order valence-corrected chi connectivity index (χ4v) is 3.18. The number of hydrogen-bond acceptors (Lipinski definition) is 5. The zero-order valence-electron chi connectivity index (χ0n) is 15.9. The van der Waals surface area contributed by atoms with Gasteiger partial charge < -0.3 is 19.5 Å². The van der Waals surface area contributed by atoms with Gasteiger partial charge >= 0.3 is 0 Å². The Morgan fingerprint density at radius 1 is 1.22 bits per heavy atom. The molecule has 1 fully saturated rings. The number of guanidine groups is 1. The molecule has 0 bridgehead atoms. The minimum absolute atomic E-state index is 0. The average Bonchev–Trinajstić information content (AvgIpc) is 3.17. The molecule has 0 spiro atoms. The fourth-order valence-electron chi connectivity index (χ4n) is 3.18. The Balaban J connectivity index is 0.00000261. The quantitative estimate of drug-likeness (QED) is 0.385. The maximum Gasteiger partial charge on any atom is 0.194 e. The number of aromatic nitrogens is 1. The van der Waals surface area contributed by atoms with Crippen LogP contribution in [0.5, 0.6) is 0 Å². The number of ether oxygens (including phenoxy) is 1. The first kappa shape index (κ1) is 21.6. The molecule has 1 aromatic heterocycles. The minimum atomic E-state index is 0. The molecule has 1 N–H and O–H groups in total. The largest absolute Gasteiger partial charge is 0.380 e. The molecule has 0 saturated carbocycles. The molecule has 1 aliphatic heterocycles. The van der Waals surface area contributed by atoms with Crippen LogP contribution >= 0.6 is 24.0 Å². The average molecular weight is 485 g/mol. The molecule has 1 aliphatic rings. The van der Waals surface area contributed by atoms with Gasteiger partial charge in [-0.05, 0) is 11.1 Å². The van der Waals surface area contributed by atoms with Gasteiger partial charge in [-0.15, -0.1) is 24.0 Å². The van der Waals surface area contributed by atoms with E-state index in [4.69, 9.17) is 9.26 Å². The van der Waals surface area contributed by atoms with Crippen LogP contribution in [0, 0.1) is 0 Å². The van der Waals surface area contributed by atoms with Crippen LogP contribution in [0.4, 0.5) is 0 Å². The van der Waals surface area contributed by atoms with Gasteiger partial charge in [0, 0.05) is 59.5 Å². The van der Waals surface area contributed by atoms with Crippen molar-refractivity contribution >= 4 is 29.9 Å². The lowest BCUT2D eigenvalue weighted by atomic mass is 10.1. The van der Waals surface area contributed by atoms with Gasteiger partial charge in [0.2, 0.25) is 0 Å². The highest BCUT2D eigenvalue weighted by molar-refractivity contribution is 14.0. The summed E-state index contributed by atoms with van der Waals surface area (Å²) >= 11 is 0. The monoisotopic (exact) mass is 485 g/mol. The van der Waals surface area contributed by atoms with Crippen LogP contribution in [0.1, 0.15) is 16.8 Å². The lowest BCUT2D eigenvalue weighted by Crippen LogP contribution is -2.52. The lowest BCUT2D eigenvalue weighted by Gasteiger charge is -2.36. The van der Waals surface area contributed by atoms with Gasteiger partial charge in [0.1, 0.15) is 6.26 Å². The topological polar surface area (TPSA) is 66.1 Å². The van der Waals surface area contributed by atoms with E-state index in [1.54, 1.807) is 13.4 Å². The molecule has 1 aromatic carbocycles. The summed E-state index contributed by atoms with van der Waals surface area (Å²) in [5, 5.41) is 7.46. The molecule has 0 amide bonds. The van der Waals surface area contributed by atoms with Crippen LogP contribution in [-0.4, -0.2) is 61.3 Å². The standard InChI is InChI=1S/C19H27N5O2.HI/c1-20-19(21-13-16-4-3-5-17(12-16)15-25-2)24-9-7-23(8-10-24)14-18-6-11-26-22-18;/h3-6,11-12H,7-10,13-15H2,1-2H3,(H,20,21);1H.